The predicted octanol–water partition coefficient (Wildman–Crippen LogP) is 9.44. The molecule has 0 amide bonds. The van der Waals surface area contributed by atoms with Crippen LogP contribution in [-0.4, -0.2) is 70.5 Å². The summed E-state index contributed by atoms with van der Waals surface area (Å²) in [6, 6.07) is 0. The summed E-state index contributed by atoms with van der Waals surface area (Å²) in [5.41, 5.74) is 2.36. The Bertz CT molecular complexity index is 1100. The lowest BCUT2D eigenvalue weighted by Gasteiger charge is -2.64. The highest BCUT2D eigenvalue weighted by Crippen LogP contribution is 2.70. The van der Waals surface area contributed by atoms with Gasteiger partial charge in [0.25, 0.3) is 0 Å². The second-order valence-corrected chi connectivity index (χ2v) is 36.7. The van der Waals surface area contributed by atoms with Crippen molar-refractivity contribution in [2.75, 3.05) is 13.7 Å². The number of oxime groups is 1. The molecule has 0 aromatic heterocycles. The van der Waals surface area contributed by atoms with Gasteiger partial charge in [-0.15, -0.1) is 0 Å². The van der Waals surface area contributed by atoms with Crippen molar-refractivity contribution in [1.29, 1.82) is 0 Å². The van der Waals surface area contributed by atoms with Gasteiger partial charge in [-0.25, -0.2) is 0 Å². The quantitative estimate of drug-likeness (QED) is 0.161. The molecule has 0 aliphatic heterocycles. The van der Waals surface area contributed by atoms with E-state index in [1.807, 2.05) is 0 Å². The lowest BCUT2D eigenvalue weighted by Crippen LogP contribution is -2.67. The Balaban J connectivity index is 1.86. The summed E-state index contributed by atoms with van der Waals surface area (Å²) in [6.07, 6.45) is 10.3. The first kappa shape index (κ1) is 36.7. The zero-order chi connectivity index (χ0) is 33.1. The van der Waals surface area contributed by atoms with E-state index < -0.39 is 33.3 Å². The second-order valence-electron chi connectivity index (χ2n) is 18.9. The molecule has 0 unspecified atom stereocenters. The second kappa shape index (κ2) is 12.4. The number of hydrogen-bond acceptors (Lipinski definition) is 6. The summed E-state index contributed by atoms with van der Waals surface area (Å²) >= 11 is 0. The number of allylic oxidation sites excluding steroid dienone is 2. The van der Waals surface area contributed by atoms with Crippen LogP contribution in [0.1, 0.15) is 58.8 Å². The minimum Gasteiger partial charge on any atom is -0.415 e. The molecule has 0 N–H and O–H groups in total. The van der Waals surface area contributed by atoms with Gasteiger partial charge in [0.15, 0.2) is 33.3 Å². The highest BCUT2D eigenvalue weighted by atomic mass is 28.4. The van der Waals surface area contributed by atoms with Crippen LogP contribution in [0.3, 0.4) is 0 Å². The Morgan fingerprint density at radius 1 is 0.841 bits per heavy atom. The molecule has 0 spiro atoms. The third-order valence-electron chi connectivity index (χ3n) is 11.0. The highest BCUT2D eigenvalue weighted by Gasteiger charge is 2.70. The van der Waals surface area contributed by atoms with Crippen LogP contribution in [0, 0.1) is 28.6 Å². The number of nitrogens with zero attached hydrogens (tertiary/aromatic N) is 1. The molecule has 44 heavy (non-hydrogen) atoms. The maximum Gasteiger partial charge on any atom is 0.184 e. The topological polar surface area (TPSA) is 58.5 Å². The van der Waals surface area contributed by atoms with Crippen molar-refractivity contribution < 1.29 is 22.5 Å². The van der Waals surface area contributed by atoms with E-state index in [1.54, 1.807) is 12.7 Å². The van der Waals surface area contributed by atoms with Crippen molar-refractivity contribution in [3.8, 4) is 0 Å². The average molecular weight is 682 g/mol. The van der Waals surface area contributed by atoms with E-state index in [2.05, 4.69) is 104 Å². The first-order chi connectivity index (χ1) is 19.9. The van der Waals surface area contributed by atoms with Gasteiger partial charge in [-0.2, -0.15) is 0 Å². The molecule has 8 atom stereocenters. The minimum atomic E-state index is -1.98. The number of hydrogen-bond donors (Lipinski definition) is 0. The molecular weight excluding hydrogens is 615 g/mol. The Morgan fingerprint density at radius 3 is 2.05 bits per heavy atom. The fraction of sp³-hybridized carbons (Fsp3) is 0.912. The van der Waals surface area contributed by atoms with Crippen LogP contribution in [0.25, 0.3) is 0 Å². The van der Waals surface area contributed by atoms with Gasteiger partial charge in [0.05, 0.1) is 24.0 Å². The molecule has 0 saturated heterocycles. The molecule has 0 bridgehead atoms. The molecule has 6 nitrogen and oxygen atoms in total. The lowest BCUT2D eigenvalue weighted by molar-refractivity contribution is -0.192. The number of fused-ring (bicyclic) bond motifs is 5. The first-order valence-electron chi connectivity index (χ1n) is 17.4. The van der Waals surface area contributed by atoms with Gasteiger partial charge in [-0.05, 0) is 153 Å². The molecule has 3 saturated carbocycles. The fourth-order valence-electron chi connectivity index (χ4n) is 9.76. The Hall–Kier alpha value is -0.0825. The molecule has 4 aliphatic carbocycles. The molecule has 4 aliphatic rings. The van der Waals surface area contributed by atoms with Gasteiger partial charge in [0.1, 0.15) is 7.11 Å². The van der Waals surface area contributed by atoms with E-state index in [0.717, 1.165) is 37.8 Å². The fourth-order valence-corrected chi connectivity index (χ4v) is 14.2. The van der Waals surface area contributed by atoms with Crippen LogP contribution < -0.4 is 0 Å². The summed E-state index contributed by atoms with van der Waals surface area (Å²) in [6.45, 7) is 33.9. The van der Waals surface area contributed by atoms with Crippen LogP contribution >= 0.6 is 0 Å². The summed E-state index contributed by atoms with van der Waals surface area (Å²) in [7, 11) is -5.85. The standard InChI is InChI=1S/C34H67NO5Si4/c1-32-20-18-26(35-36-3)22-25(32)16-17-27-28-19-21-34(40-44(13,14)15,30(39-43(10,11)12)24-37-41(4,5)6)33(28,2)23-29(31(27)32)38-42(7,8)9/h22,27-31H,16-21,23-24H2,1-15H3/b35-26+/t27-,28-,29-,30-,31+,32-,33-,34-/m0/s1. The Labute approximate surface area is 275 Å². The molecule has 0 radical (unpaired) electrons. The molecule has 254 valence electrons. The van der Waals surface area contributed by atoms with Crippen LogP contribution in [0.15, 0.2) is 16.8 Å². The normalized spacial score (nSPS) is 38.1. The van der Waals surface area contributed by atoms with E-state index in [-0.39, 0.29) is 28.6 Å². The van der Waals surface area contributed by atoms with Crippen molar-refractivity contribution in [3.63, 3.8) is 0 Å². The summed E-state index contributed by atoms with van der Waals surface area (Å²) in [5.74, 6) is 1.70. The molecule has 0 aromatic rings. The molecule has 10 heteroatoms. The van der Waals surface area contributed by atoms with Gasteiger partial charge >= 0.3 is 0 Å². The minimum absolute atomic E-state index is 0.0548. The van der Waals surface area contributed by atoms with E-state index in [4.69, 9.17) is 22.5 Å². The SMILES string of the molecule is CO/N=C1/C=C2CC[C@@H]3[C@H]([C@@H](O[Si](C)(C)C)C[C@@]4(C)[C@H]3CC[C@]4(O[Si](C)(C)C)[C@H](CO[Si](C)(C)C)O[Si](C)(C)C)[C@@]2(C)CC1. The third-order valence-corrected chi connectivity index (χ3v) is 15.0. The van der Waals surface area contributed by atoms with Crippen LogP contribution in [0.2, 0.25) is 78.6 Å². The summed E-state index contributed by atoms with van der Waals surface area (Å²) < 4.78 is 29.1. The van der Waals surface area contributed by atoms with Crippen LogP contribution in [-0.2, 0) is 22.5 Å². The van der Waals surface area contributed by atoms with E-state index in [1.165, 1.54) is 12.8 Å². The molecule has 0 heterocycles. The average Bonchev–Trinajstić information content (AvgIpc) is 3.10. The van der Waals surface area contributed by atoms with Gasteiger partial charge < -0.3 is 22.5 Å². The Morgan fingerprint density at radius 2 is 1.50 bits per heavy atom. The van der Waals surface area contributed by atoms with Gasteiger partial charge in [-0.1, -0.05) is 24.6 Å². The molecular formula is C34H67NO5Si4. The van der Waals surface area contributed by atoms with Crippen LogP contribution in [0.4, 0.5) is 0 Å². The monoisotopic (exact) mass is 681 g/mol. The molecule has 0 aromatic carbocycles. The third kappa shape index (κ3) is 7.63. The highest BCUT2D eigenvalue weighted by molar-refractivity contribution is 6.71. The van der Waals surface area contributed by atoms with Crippen molar-refractivity contribution >= 4 is 39.0 Å². The Kier molecular flexibility index (Phi) is 10.4. The number of rotatable bonds is 11. The zero-order valence-corrected chi connectivity index (χ0v) is 35.1. The van der Waals surface area contributed by atoms with E-state index in [9.17, 15) is 0 Å². The van der Waals surface area contributed by atoms with Gasteiger partial charge in [0.2, 0.25) is 0 Å². The van der Waals surface area contributed by atoms with Crippen molar-refractivity contribution in [1.82, 2.24) is 0 Å². The summed E-state index contributed by atoms with van der Waals surface area (Å²) in [5, 5.41) is 4.37. The molecule has 4 rings (SSSR count). The van der Waals surface area contributed by atoms with Crippen LogP contribution in [0.5, 0.6) is 0 Å². The predicted molar refractivity (Wildman–Crippen MR) is 194 cm³/mol. The largest absolute Gasteiger partial charge is 0.415 e. The van der Waals surface area contributed by atoms with Crippen molar-refractivity contribution in [2.24, 2.45) is 33.7 Å². The van der Waals surface area contributed by atoms with E-state index in [0.29, 0.717) is 24.4 Å². The maximum absolute atomic E-state index is 7.65. The van der Waals surface area contributed by atoms with Crippen molar-refractivity contribution in [3.05, 3.63) is 11.6 Å². The van der Waals surface area contributed by atoms with Gasteiger partial charge in [0, 0.05) is 11.5 Å². The maximum atomic E-state index is 7.65. The van der Waals surface area contributed by atoms with Crippen molar-refractivity contribution in [2.45, 2.75) is 155 Å². The smallest absolute Gasteiger partial charge is 0.184 e. The molecule has 3 fully saturated rings. The first-order valence-corrected chi connectivity index (χ1v) is 31.1. The zero-order valence-electron chi connectivity index (χ0n) is 31.1. The lowest BCUT2D eigenvalue weighted by atomic mass is 9.45. The van der Waals surface area contributed by atoms with Gasteiger partial charge in [-0.3, -0.25) is 0 Å². The summed E-state index contributed by atoms with van der Waals surface area (Å²) in [4.78, 5) is 5.21. The van der Waals surface area contributed by atoms with E-state index >= 15 is 0 Å².